The number of aromatic carboxylic acids is 1. The lowest BCUT2D eigenvalue weighted by molar-refractivity contribution is 0.0688. The Morgan fingerprint density at radius 3 is 2.52 bits per heavy atom. The molecule has 0 fully saturated rings. The van der Waals surface area contributed by atoms with Crippen molar-refractivity contribution >= 4 is 17.0 Å². The average Bonchev–Trinajstić information content (AvgIpc) is 2.54. The molecule has 0 aliphatic heterocycles. The van der Waals surface area contributed by atoms with E-state index >= 15 is 0 Å². The maximum Gasteiger partial charge on any atom is 0.360 e. The number of aromatic nitrogens is 2. The monoisotopic (exact) mass is 314 g/mol. The Bertz CT molecular complexity index is 964. The lowest BCUT2D eigenvalue weighted by Crippen LogP contribution is -2.27. The van der Waals surface area contributed by atoms with E-state index in [1.165, 1.54) is 19.2 Å². The molecule has 6 nitrogen and oxygen atoms in total. The van der Waals surface area contributed by atoms with Gasteiger partial charge in [-0.2, -0.15) is 0 Å². The van der Waals surface area contributed by atoms with E-state index in [-0.39, 0.29) is 11.0 Å². The van der Waals surface area contributed by atoms with E-state index in [2.05, 4.69) is 4.98 Å². The summed E-state index contributed by atoms with van der Waals surface area (Å²) in [4.78, 5) is 27.4. The zero-order chi connectivity index (χ0) is 16.6. The zero-order valence-electron chi connectivity index (χ0n) is 12.0. The number of ether oxygens (including phenoxy) is 1. The van der Waals surface area contributed by atoms with Crippen LogP contribution in [0.3, 0.4) is 0 Å². The van der Waals surface area contributed by atoms with Crippen molar-refractivity contribution in [1.29, 1.82) is 0 Å². The molecule has 0 saturated carbocycles. The van der Waals surface area contributed by atoms with Crippen LogP contribution in [-0.4, -0.2) is 27.7 Å². The highest BCUT2D eigenvalue weighted by molar-refractivity contribution is 5.88. The minimum absolute atomic E-state index is 0.180. The zero-order valence-corrected chi connectivity index (χ0v) is 12.0. The Morgan fingerprint density at radius 2 is 1.91 bits per heavy atom. The molecule has 1 heterocycles. The first-order chi connectivity index (χ1) is 11.0. The van der Waals surface area contributed by atoms with Gasteiger partial charge in [0.15, 0.2) is 5.82 Å². The van der Waals surface area contributed by atoms with Crippen molar-refractivity contribution in [1.82, 2.24) is 9.55 Å². The summed E-state index contributed by atoms with van der Waals surface area (Å²) in [6.07, 6.45) is 0. The van der Waals surface area contributed by atoms with Crippen LogP contribution in [0.1, 0.15) is 10.5 Å². The molecule has 0 saturated heterocycles. The first-order valence-corrected chi connectivity index (χ1v) is 6.62. The van der Waals surface area contributed by atoms with Crippen LogP contribution >= 0.6 is 0 Å². The second kappa shape index (κ2) is 5.53. The smallest absolute Gasteiger partial charge is 0.360 e. The van der Waals surface area contributed by atoms with Gasteiger partial charge in [0.1, 0.15) is 11.3 Å². The molecule has 0 unspecified atom stereocenters. The highest BCUT2D eigenvalue weighted by Crippen LogP contribution is 2.20. The minimum atomic E-state index is -1.51. The van der Waals surface area contributed by atoms with Crippen molar-refractivity contribution in [2.45, 2.75) is 0 Å². The van der Waals surface area contributed by atoms with Gasteiger partial charge < -0.3 is 9.84 Å². The average molecular weight is 314 g/mol. The van der Waals surface area contributed by atoms with Crippen LogP contribution in [0.25, 0.3) is 16.7 Å². The van der Waals surface area contributed by atoms with Gasteiger partial charge in [-0.15, -0.1) is 0 Å². The van der Waals surface area contributed by atoms with Gasteiger partial charge in [0.25, 0.3) is 5.56 Å². The standard InChI is InChI=1S/C16H11FN2O4/c1-23-10-7-5-9(6-8-10)19-12-4-2-3-11(17)13(12)18-14(15(19)20)16(21)22/h2-8H,1H3,(H,21,22). The first kappa shape index (κ1) is 14.7. The summed E-state index contributed by atoms with van der Waals surface area (Å²) in [6, 6.07) is 10.5. The van der Waals surface area contributed by atoms with E-state index in [4.69, 9.17) is 9.84 Å². The van der Waals surface area contributed by atoms with Gasteiger partial charge in [0, 0.05) is 5.69 Å². The van der Waals surface area contributed by atoms with E-state index in [1.807, 2.05) is 0 Å². The summed E-state index contributed by atoms with van der Waals surface area (Å²) in [5, 5.41) is 9.15. The molecule has 0 spiro atoms. The molecular weight excluding hydrogens is 303 g/mol. The number of rotatable bonds is 3. The largest absolute Gasteiger partial charge is 0.497 e. The van der Waals surface area contributed by atoms with Crippen molar-refractivity contribution in [3.63, 3.8) is 0 Å². The van der Waals surface area contributed by atoms with E-state index in [9.17, 15) is 14.0 Å². The Hall–Kier alpha value is -3.22. The molecule has 1 N–H and O–H groups in total. The summed E-state index contributed by atoms with van der Waals surface area (Å²) in [7, 11) is 1.50. The number of nitrogens with zero attached hydrogens (tertiary/aromatic N) is 2. The third kappa shape index (κ3) is 2.42. The second-order valence-corrected chi connectivity index (χ2v) is 4.71. The van der Waals surface area contributed by atoms with E-state index in [1.54, 1.807) is 24.3 Å². The summed E-state index contributed by atoms with van der Waals surface area (Å²) >= 11 is 0. The SMILES string of the molecule is COc1ccc(-n2c(=O)c(C(=O)O)nc3c(F)cccc32)cc1. The summed E-state index contributed by atoms with van der Waals surface area (Å²) in [6.45, 7) is 0. The second-order valence-electron chi connectivity index (χ2n) is 4.71. The molecule has 0 aliphatic rings. The Morgan fingerprint density at radius 1 is 1.22 bits per heavy atom. The highest BCUT2D eigenvalue weighted by atomic mass is 19.1. The van der Waals surface area contributed by atoms with Gasteiger partial charge >= 0.3 is 5.97 Å². The number of fused-ring (bicyclic) bond motifs is 1. The van der Waals surface area contributed by atoms with Crippen LogP contribution in [0.2, 0.25) is 0 Å². The number of para-hydroxylation sites is 1. The molecular formula is C16H11FN2O4. The van der Waals surface area contributed by atoms with Crippen LogP contribution in [0.4, 0.5) is 4.39 Å². The summed E-state index contributed by atoms with van der Waals surface area (Å²) in [5.74, 6) is -1.64. The molecule has 2 aromatic carbocycles. The fraction of sp³-hybridized carbons (Fsp3) is 0.0625. The molecule has 0 atom stereocenters. The number of carbonyl (C=O) groups is 1. The molecule has 23 heavy (non-hydrogen) atoms. The highest BCUT2D eigenvalue weighted by Gasteiger charge is 2.19. The Kier molecular flexibility index (Phi) is 3.53. The van der Waals surface area contributed by atoms with Gasteiger partial charge in [-0.05, 0) is 36.4 Å². The Labute approximate surface area is 129 Å². The van der Waals surface area contributed by atoms with Crippen LogP contribution in [0.15, 0.2) is 47.3 Å². The van der Waals surface area contributed by atoms with Gasteiger partial charge in [0.2, 0.25) is 5.69 Å². The molecule has 1 aromatic heterocycles. The number of hydrogen-bond acceptors (Lipinski definition) is 4. The van der Waals surface area contributed by atoms with Crippen molar-refractivity contribution in [2.75, 3.05) is 7.11 Å². The van der Waals surface area contributed by atoms with Crippen molar-refractivity contribution in [3.8, 4) is 11.4 Å². The number of carboxylic acids is 1. The predicted octanol–water partition coefficient (Wildman–Crippen LogP) is 2.23. The van der Waals surface area contributed by atoms with Crippen molar-refractivity contribution < 1.29 is 19.0 Å². The minimum Gasteiger partial charge on any atom is -0.497 e. The molecule has 3 aromatic rings. The fourth-order valence-electron chi connectivity index (χ4n) is 2.30. The fourth-order valence-corrected chi connectivity index (χ4v) is 2.30. The van der Waals surface area contributed by atoms with Gasteiger partial charge in [0.05, 0.1) is 12.6 Å². The molecule has 0 bridgehead atoms. The maximum atomic E-state index is 14.0. The third-order valence-electron chi connectivity index (χ3n) is 3.37. The van der Waals surface area contributed by atoms with Crippen molar-refractivity contribution in [2.24, 2.45) is 0 Å². The van der Waals surface area contributed by atoms with Crippen LogP contribution in [0, 0.1) is 5.82 Å². The van der Waals surface area contributed by atoms with E-state index in [0.29, 0.717) is 11.4 Å². The Balaban J connectivity index is 2.41. The van der Waals surface area contributed by atoms with Crippen LogP contribution in [-0.2, 0) is 0 Å². The lowest BCUT2D eigenvalue weighted by Gasteiger charge is -2.12. The van der Waals surface area contributed by atoms with Gasteiger partial charge in [-0.1, -0.05) is 6.07 Å². The number of methoxy groups -OCH3 is 1. The third-order valence-corrected chi connectivity index (χ3v) is 3.37. The first-order valence-electron chi connectivity index (χ1n) is 6.62. The van der Waals surface area contributed by atoms with E-state index in [0.717, 1.165) is 10.6 Å². The summed E-state index contributed by atoms with van der Waals surface area (Å²) < 4.78 is 20.2. The predicted molar refractivity (Wildman–Crippen MR) is 80.8 cm³/mol. The number of benzene rings is 2. The lowest BCUT2D eigenvalue weighted by atomic mass is 10.2. The molecule has 0 radical (unpaired) electrons. The van der Waals surface area contributed by atoms with Gasteiger partial charge in [-0.25, -0.2) is 14.2 Å². The quantitative estimate of drug-likeness (QED) is 0.802. The number of carboxylic acid groups (broad SMARTS) is 1. The van der Waals surface area contributed by atoms with E-state index < -0.39 is 23.0 Å². The molecule has 116 valence electrons. The van der Waals surface area contributed by atoms with Gasteiger partial charge in [-0.3, -0.25) is 9.36 Å². The van der Waals surface area contributed by atoms with Crippen LogP contribution < -0.4 is 10.3 Å². The normalized spacial score (nSPS) is 10.7. The molecule has 7 heteroatoms. The topological polar surface area (TPSA) is 81.4 Å². The molecule has 0 amide bonds. The summed E-state index contributed by atoms with van der Waals surface area (Å²) in [5.41, 5.74) is -1.18. The molecule has 3 rings (SSSR count). The number of halogens is 1. The molecule has 0 aliphatic carbocycles. The number of hydrogen-bond donors (Lipinski definition) is 1. The maximum absolute atomic E-state index is 14.0. The van der Waals surface area contributed by atoms with Crippen molar-refractivity contribution in [3.05, 3.63) is 64.3 Å². The van der Waals surface area contributed by atoms with Crippen LogP contribution in [0.5, 0.6) is 5.75 Å².